The third-order valence-corrected chi connectivity index (χ3v) is 6.13. The zero-order valence-corrected chi connectivity index (χ0v) is 21.1. The highest BCUT2D eigenvalue weighted by molar-refractivity contribution is 6.30. The number of pyridine rings is 1. The Kier molecular flexibility index (Phi) is 8.61. The van der Waals surface area contributed by atoms with Crippen molar-refractivity contribution in [3.63, 3.8) is 0 Å². The highest BCUT2D eigenvalue weighted by atomic mass is 35.5. The molecule has 0 aliphatic carbocycles. The third-order valence-electron chi connectivity index (χ3n) is 5.90. The van der Waals surface area contributed by atoms with Crippen LogP contribution in [0.2, 0.25) is 5.02 Å². The molecule has 1 aromatic carbocycles. The second kappa shape index (κ2) is 12.0. The second-order valence-corrected chi connectivity index (χ2v) is 9.12. The molecule has 1 fully saturated rings. The molecule has 1 saturated heterocycles. The first kappa shape index (κ1) is 25.7. The largest absolute Gasteiger partial charge is 0.489 e. The van der Waals surface area contributed by atoms with E-state index in [1.54, 1.807) is 31.3 Å². The maximum Gasteiger partial charge on any atom is 0.246 e. The fourth-order valence-corrected chi connectivity index (χ4v) is 4.35. The molecule has 3 aromatic rings. The topological polar surface area (TPSA) is 89.3 Å². The van der Waals surface area contributed by atoms with Crippen LogP contribution in [0, 0.1) is 6.92 Å². The van der Waals surface area contributed by atoms with Crippen molar-refractivity contribution >= 4 is 23.6 Å². The summed E-state index contributed by atoms with van der Waals surface area (Å²) in [4.78, 5) is 23.1. The standard InChI is InChI=1S/C25H29ClFN7O2/c1-18-15-32(17-23-6-7-24(14-28-23)36-12-9-27)10-11-33(18)25(35)8-4-20-3-5-22(26)13-21(20)16-34-30-19(2)29-31-34/h3-8,13-14,18H,9-12,15-17H2,1-2H3. The normalized spacial score (nSPS) is 16.6. The molecule has 4 rings (SSSR count). The number of benzene rings is 1. The van der Waals surface area contributed by atoms with Gasteiger partial charge in [0.15, 0.2) is 5.82 Å². The van der Waals surface area contributed by atoms with E-state index in [2.05, 4.69) is 25.3 Å². The van der Waals surface area contributed by atoms with E-state index in [0.29, 0.717) is 36.2 Å². The summed E-state index contributed by atoms with van der Waals surface area (Å²) in [5, 5.41) is 12.8. The summed E-state index contributed by atoms with van der Waals surface area (Å²) in [6.45, 7) is 6.51. The molecule has 0 bridgehead atoms. The first-order chi connectivity index (χ1) is 17.4. The lowest BCUT2D eigenvalue weighted by Crippen LogP contribution is -2.53. The van der Waals surface area contributed by atoms with Crippen molar-refractivity contribution in [2.45, 2.75) is 33.0 Å². The van der Waals surface area contributed by atoms with Crippen molar-refractivity contribution < 1.29 is 13.9 Å². The second-order valence-electron chi connectivity index (χ2n) is 8.68. The zero-order chi connectivity index (χ0) is 25.5. The Bertz CT molecular complexity index is 1200. The average molecular weight is 514 g/mol. The molecule has 9 nitrogen and oxygen atoms in total. The molecule has 11 heteroatoms. The molecule has 1 amide bonds. The van der Waals surface area contributed by atoms with Crippen molar-refractivity contribution in [2.75, 3.05) is 32.9 Å². The monoisotopic (exact) mass is 513 g/mol. The number of aromatic nitrogens is 5. The van der Waals surface area contributed by atoms with Crippen LogP contribution in [0.4, 0.5) is 4.39 Å². The molecule has 1 unspecified atom stereocenters. The Morgan fingerprint density at radius 3 is 2.81 bits per heavy atom. The van der Waals surface area contributed by atoms with Gasteiger partial charge in [0, 0.05) is 43.3 Å². The maximum absolute atomic E-state index is 13.0. The van der Waals surface area contributed by atoms with E-state index in [4.69, 9.17) is 16.3 Å². The van der Waals surface area contributed by atoms with Crippen molar-refractivity contribution in [2.24, 2.45) is 0 Å². The first-order valence-corrected chi connectivity index (χ1v) is 12.2. The highest BCUT2D eigenvalue weighted by Gasteiger charge is 2.26. The number of nitrogens with zero attached hydrogens (tertiary/aromatic N) is 7. The van der Waals surface area contributed by atoms with Crippen LogP contribution in [0.1, 0.15) is 29.6 Å². The van der Waals surface area contributed by atoms with Gasteiger partial charge in [0.05, 0.1) is 18.4 Å². The predicted octanol–water partition coefficient (Wildman–Crippen LogP) is 3.17. The SMILES string of the molecule is Cc1nnn(Cc2cc(Cl)ccc2C=CC(=O)N2CCN(Cc3ccc(OCCF)cn3)CC2C)n1. The number of amides is 1. The molecular weight excluding hydrogens is 485 g/mol. The summed E-state index contributed by atoms with van der Waals surface area (Å²) in [7, 11) is 0. The van der Waals surface area contributed by atoms with Gasteiger partial charge in [-0.25, -0.2) is 4.39 Å². The molecule has 1 aliphatic rings. The number of carbonyl (C=O) groups excluding carboxylic acids is 1. The number of rotatable bonds is 9. The molecule has 36 heavy (non-hydrogen) atoms. The lowest BCUT2D eigenvalue weighted by atomic mass is 10.1. The fourth-order valence-electron chi connectivity index (χ4n) is 4.15. The minimum atomic E-state index is -0.529. The van der Waals surface area contributed by atoms with Gasteiger partial charge in [0.25, 0.3) is 0 Å². The number of aryl methyl sites for hydroxylation is 1. The van der Waals surface area contributed by atoms with Crippen LogP contribution in [0.3, 0.4) is 0 Å². The number of alkyl halides is 1. The molecule has 0 N–H and O–H groups in total. The van der Waals surface area contributed by atoms with Crippen LogP contribution in [-0.2, 0) is 17.9 Å². The lowest BCUT2D eigenvalue weighted by molar-refractivity contribution is -0.130. The fraction of sp³-hybridized carbons (Fsp3) is 0.400. The maximum atomic E-state index is 13.0. The quantitative estimate of drug-likeness (QED) is 0.406. The van der Waals surface area contributed by atoms with E-state index >= 15 is 0 Å². The summed E-state index contributed by atoms with van der Waals surface area (Å²) < 4.78 is 17.5. The Morgan fingerprint density at radius 1 is 1.25 bits per heavy atom. The van der Waals surface area contributed by atoms with Gasteiger partial charge in [-0.2, -0.15) is 4.80 Å². The average Bonchev–Trinajstić information content (AvgIpc) is 3.27. The van der Waals surface area contributed by atoms with Crippen LogP contribution in [0.25, 0.3) is 6.08 Å². The van der Waals surface area contributed by atoms with E-state index < -0.39 is 6.67 Å². The number of carbonyl (C=O) groups is 1. The number of ether oxygens (including phenoxy) is 1. The Morgan fingerprint density at radius 2 is 2.11 bits per heavy atom. The number of piperazine rings is 1. The molecule has 3 heterocycles. The van der Waals surface area contributed by atoms with Crippen LogP contribution >= 0.6 is 11.6 Å². The highest BCUT2D eigenvalue weighted by Crippen LogP contribution is 2.20. The number of hydrogen-bond acceptors (Lipinski definition) is 7. The summed E-state index contributed by atoms with van der Waals surface area (Å²) in [6, 6.07) is 9.27. The van der Waals surface area contributed by atoms with Crippen LogP contribution in [0.5, 0.6) is 5.75 Å². The molecular formula is C25H29ClFN7O2. The summed E-state index contributed by atoms with van der Waals surface area (Å²) in [6.07, 6.45) is 5.04. The van der Waals surface area contributed by atoms with Gasteiger partial charge >= 0.3 is 0 Å². The molecule has 0 saturated carbocycles. The Balaban J connectivity index is 1.34. The summed E-state index contributed by atoms with van der Waals surface area (Å²) in [5.41, 5.74) is 2.68. The molecule has 2 aromatic heterocycles. The van der Waals surface area contributed by atoms with Gasteiger partial charge in [-0.1, -0.05) is 17.7 Å². The lowest BCUT2D eigenvalue weighted by Gasteiger charge is -2.39. The summed E-state index contributed by atoms with van der Waals surface area (Å²) in [5.74, 6) is 1.11. The number of halogens is 2. The number of hydrogen-bond donors (Lipinski definition) is 0. The van der Waals surface area contributed by atoms with Crippen molar-refractivity contribution in [3.05, 3.63) is 70.3 Å². The van der Waals surface area contributed by atoms with Gasteiger partial charge in [0.2, 0.25) is 5.91 Å². The van der Waals surface area contributed by atoms with E-state index in [1.165, 1.54) is 4.80 Å². The van der Waals surface area contributed by atoms with Crippen LogP contribution < -0.4 is 4.74 Å². The molecule has 1 atom stereocenters. The van der Waals surface area contributed by atoms with Gasteiger partial charge in [0.1, 0.15) is 19.0 Å². The Labute approximate surface area is 214 Å². The van der Waals surface area contributed by atoms with Crippen molar-refractivity contribution in [1.29, 1.82) is 0 Å². The van der Waals surface area contributed by atoms with E-state index in [-0.39, 0.29) is 18.6 Å². The first-order valence-electron chi connectivity index (χ1n) is 11.8. The van der Waals surface area contributed by atoms with Crippen molar-refractivity contribution in [1.82, 2.24) is 35.0 Å². The minimum absolute atomic E-state index is 0.0288. The van der Waals surface area contributed by atoms with E-state index in [1.807, 2.05) is 36.1 Å². The summed E-state index contributed by atoms with van der Waals surface area (Å²) >= 11 is 6.20. The minimum Gasteiger partial charge on any atom is -0.489 e. The van der Waals surface area contributed by atoms with Gasteiger partial charge < -0.3 is 9.64 Å². The molecule has 190 valence electrons. The van der Waals surface area contributed by atoms with Crippen molar-refractivity contribution in [3.8, 4) is 5.75 Å². The zero-order valence-electron chi connectivity index (χ0n) is 20.3. The molecule has 1 aliphatic heterocycles. The molecule has 0 spiro atoms. The van der Waals surface area contributed by atoms with Crippen LogP contribution in [-0.4, -0.2) is 79.9 Å². The number of tetrazole rings is 1. The smallest absolute Gasteiger partial charge is 0.246 e. The van der Waals surface area contributed by atoms with Gasteiger partial charge in [-0.3, -0.25) is 14.7 Å². The van der Waals surface area contributed by atoms with Crippen LogP contribution in [0.15, 0.2) is 42.6 Å². The van der Waals surface area contributed by atoms with E-state index in [0.717, 1.165) is 29.9 Å². The van der Waals surface area contributed by atoms with E-state index in [9.17, 15) is 9.18 Å². The van der Waals surface area contributed by atoms with Gasteiger partial charge in [-0.05, 0) is 60.5 Å². The van der Waals surface area contributed by atoms with Gasteiger partial charge in [-0.15, -0.1) is 10.2 Å². The third kappa shape index (κ3) is 6.86. The predicted molar refractivity (Wildman–Crippen MR) is 134 cm³/mol. The molecule has 0 radical (unpaired) electrons. The Hall–Kier alpha value is -3.37.